The molecule has 110 valence electrons. The van der Waals surface area contributed by atoms with Crippen LogP contribution in [0.1, 0.15) is 64.7 Å². The quantitative estimate of drug-likeness (QED) is 0.581. The van der Waals surface area contributed by atoms with Gasteiger partial charge in [-0.3, -0.25) is 4.79 Å². The van der Waals surface area contributed by atoms with Gasteiger partial charge >= 0.3 is 0 Å². The van der Waals surface area contributed by atoms with Crippen molar-refractivity contribution in [2.75, 3.05) is 0 Å². The fraction of sp³-hybridized carbons (Fsp3) is 0.842. The van der Waals surface area contributed by atoms with Crippen LogP contribution < -0.4 is 0 Å². The van der Waals surface area contributed by atoms with Gasteiger partial charge in [0.15, 0.2) is 0 Å². The maximum Gasteiger partial charge on any atom is 0.139 e. The number of Topliss-reactive ketones (excluding diaryl/α,β-unsaturated/α-hetero) is 1. The van der Waals surface area contributed by atoms with Crippen LogP contribution in [0.15, 0.2) is 12.2 Å². The molecule has 4 saturated carbocycles. The molecule has 0 aromatic rings. The molecular formula is C19H28O. The lowest BCUT2D eigenvalue weighted by atomic mass is 9.50. The van der Waals surface area contributed by atoms with Crippen molar-refractivity contribution in [2.45, 2.75) is 64.7 Å². The Morgan fingerprint density at radius 3 is 2.70 bits per heavy atom. The number of carbonyl (C=O) groups is 1. The molecule has 0 heterocycles. The van der Waals surface area contributed by atoms with Crippen molar-refractivity contribution in [3.05, 3.63) is 12.2 Å². The van der Waals surface area contributed by atoms with E-state index in [1.54, 1.807) is 0 Å². The summed E-state index contributed by atoms with van der Waals surface area (Å²) in [5.41, 5.74) is 1.56. The molecule has 4 rings (SSSR count). The third kappa shape index (κ3) is 1.71. The Bertz CT molecular complexity index is 451. The molecule has 0 bridgehead atoms. The Morgan fingerprint density at radius 2 is 1.85 bits per heavy atom. The summed E-state index contributed by atoms with van der Waals surface area (Å²) in [7, 11) is 0. The Hall–Kier alpha value is -0.590. The zero-order chi connectivity index (χ0) is 13.9. The van der Waals surface area contributed by atoms with E-state index in [1.165, 1.54) is 56.9 Å². The van der Waals surface area contributed by atoms with E-state index in [2.05, 4.69) is 13.5 Å². The van der Waals surface area contributed by atoms with Crippen molar-refractivity contribution in [1.82, 2.24) is 0 Å². The summed E-state index contributed by atoms with van der Waals surface area (Å²) >= 11 is 0. The van der Waals surface area contributed by atoms with Gasteiger partial charge in [0.1, 0.15) is 5.78 Å². The second-order valence-corrected chi connectivity index (χ2v) is 8.35. The van der Waals surface area contributed by atoms with Crippen LogP contribution in [0.25, 0.3) is 0 Å². The van der Waals surface area contributed by atoms with E-state index in [0.29, 0.717) is 5.78 Å². The summed E-state index contributed by atoms with van der Waals surface area (Å²) in [4.78, 5) is 12.3. The molecule has 0 spiro atoms. The van der Waals surface area contributed by atoms with Crippen LogP contribution >= 0.6 is 0 Å². The fourth-order valence-electron chi connectivity index (χ4n) is 6.55. The number of hydrogen-bond acceptors (Lipinski definition) is 1. The van der Waals surface area contributed by atoms with Gasteiger partial charge in [-0.15, -0.1) is 0 Å². The summed E-state index contributed by atoms with van der Waals surface area (Å²) in [6.07, 6.45) is 11.3. The van der Waals surface area contributed by atoms with Crippen molar-refractivity contribution in [1.29, 1.82) is 0 Å². The summed E-state index contributed by atoms with van der Waals surface area (Å²) in [5.74, 6) is 5.00. The van der Waals surface area contributed by atoms with E-state index in [0.717, 1.165) is 36.0 Å². The lowest BCUT2D eigenvalue weighted by molar-refractivity contribution is -0.132. The molecule has 6 atom stereocenters. The van der Waals surface area contributed by atoms with E-state index >= 15 is 0 Å². The third-order valence-corrected chi connectivity index (χ3v) is 7.61. The molecule has 4 fully saturated rings. The molecule has 0 amide bonds. The van der Waals surface area contributed by atoms with Gasteiger partial charge in [-0.2, -0.15) is 0 Å². The number of ketones is 1. The zero-order valence-electron chi connectivity index (χ0n) is 12.9. The van der Waals surface area contributed by atoms with Crippen LogP contribution in [0.2, 0.25) is 0 Å². The monoisotopic (exact) mass is 272 g/mol. The number of allylic oxidation sites excluding steroid dienone is 1. The Kier molecular flexibility index (Phi) is 2.91. The second kappa shape index (κ2) is 4.45. The first-order valence-corrected chi connectivity index (χ1v) is 8.79. The minimum atomic E-state index is 0.0618. The molecule has 0 aromatic carbocycles. The zero-order valence-corrected chi connectivity index (χ0v) is 12.9. The van der Waals surface area contributed by atoms with Crippen LogP contribution in [0.5, 0.6) is 0 Å². The maximum absolute atomic E-state index is 12.3. The lowest BCUT2D eigenvalue weighted by Gasteiger charge is -2.54. The average molecular weight is 272 g/mol. The normalized spacial score (nSPS) is 51.4. The summed E-state index contributed by atoms with van der Waals surface area (Å²) in [6.45, 7) is 6.53. The number of hydrogen-bond donors (Lipinski definition) is 0. The first-order valence-electron chi connectivity index (χ1n) is 8.79. The third-order valence-electron chi connectivity index (χ3n) is 7.61. The van der Waals surface area contributed by atoms with Gasteiger partial charge in [0, 0.05) is 11.8 Å². The molecule has 0 N–H and O–H groups in total. The Balaban J connectivity index is 1.59. The molecule has 0 aromatic heterocycles. The standard InChI is InChI=1S/C19H28O/c1-12-3-5-14-13(11-12)4-6-16-15(14)9-10-19(2)17(16)7-8-18(19)20/h13-17H,1,3-11H2,2H3/t13-,14+,15-,16?,17+,19+/m1/s1. The van der Waals surface area contributed by atoms with Gasteiger partial charge in [-0.05, 0) is 81.0 Å². The number of rotatable bonds is 0. The van der Waals surface area contributed by atoms with Crippen LogP contribution in [-0.2, 0) is 4.79 Å². The van der Waals surface area contributed by atoms with Gasteiger partial charge in [-0.1, -0.05) is 19.1 Å². The minimum absolute atomic E-state index is 0.0618. The van der Waals surface area contributed by atoms with Gasteiger partial charge in [0.05, 0.1) is 0 Å². The molecule has 1 unspecified atom stereocenters. The predicted molar refractivity (Wildman–Crippen MR) is 81.3 cm³/mol. The largest absolute Gasteiger partial charge is 0.299 e. The molecule has 0 radical (unpaired) electrons. The van der Waals surface area contributed by atoms with Gasteiger partial charge < -0.3 is 0 Å². The van der Waals surface area contributed by atoms with E-state index in [9.17, 15) is 4.79 Å². The van der Waals surface area contributed by atoms with Crippen molar-refractivity contribution >= 4 is 5.78 Å². The number of carbonyl (C=O) groups excluding carboxylic acids is 1. The minimum Gasteiger partial charge on any atom is -0.299 e. The van der Waals surface area contributed by atoms with Crippen LogP contribution in [0.4, 0.5) is 0 Å². The smallest absolute Gasteiger partial charge is 0.139 e. The molecule has 4 aliphatic carbocycles. The molecule has 1 heteroatoms. The SMILES string of the molecule is C=C1CC[C@H]2[C@H](CCC3[C@@H]2CC[C@]2(C)C(=O)CC[C@@H]32)C1. The first kappa shape index (κ1) is 13.1. The Labute approximate surface area is 123 Å². The highest BCUT2D eigenvalue weighted by molar-refractivity contribution is 5.87. The van der Waals surface area contributed by atoms with Gasteiger partial charge in [0.25, 0.3) is 0 Å². The molecule has 4 aliphatic rings. The topological polar surface area (TPSA) is 17.1 Å². The highest BCUT2D eigenvalue weighted by atomic mass is 16.1. The van der Waals surface area contributed by atoms with Crippen molar-refractivity contribution in [2.24, 2.45) is 35.0 Å². The van der Waals surface area contributed by atoms with Crippen molar-refractivity contribution < 1.29 is 4.79 Å². The maximum atomic E-state index is 12.3. The molecule has 20 heavy (non-hydrogen) atoms. The summed E-state index contributed by atoms with van der Waals surface area (Å²) in [6, 6.07) is 0. The predicted octanol–water partition coefficient (Wildman–Crippen LogP) is 4.76. The van der Waals surface area contributed by atoms with Gasteiger partial charge in [0.2, 0.25) is 0 Å². The summed E-state index contributed by atoms with van der Waals surface area (Å²) < 4.78 is 0. The van der Waals surface area contributed by atoms with Crippen LogP contribution in [0, 0.1) is 35.0 Å². The molecule has 0 aliphatic heterocycles. The van der Waals surface area contributed by atoms with Crippen LogP contribution in [0.3, 0.4) is 0 Å². The van der Waals surface area contributed by atoms with E-state index in [-0.39, 0.29) is 5.41 Å². The van der Waals surface area contributed by atoms with Crippen molar-refractivity contribution in [3.8, 4) is 0 Å². The van der Waals surface area contributed by atoms with E-state index in [1.807, 2.05) is 0 Å². The van der Waals surface area contributed by atoms with E-state index in [4.69, 9.17) is 0 Å². The van der Waals surface area contributed by atoms with Gasteiger partial charge in [-0.25, -0.2) is 0 Å². The second-order valence-electron chi connectivity index (χ2n) is 8.35. The lowest BCUT2D eigenvalue weighted by Crippen LogP contribution is -2.48. The van der Waals surface area contributed by atoms with E-state index < -0.39 is 0 Å². The average Bonchev–Trinajstić information content (AvgIpc) is 2.74. The fourth-order valence-corrected chi connectivity index (χ4v) is 6.55. The molecule has 1 nitrogen and oxygen atoms in total. The van der Waals surface area contributed by atoms with Crippen molar-refractivity contribution in [3.63, 3.8) is 0 Å². The first-order chi connectivity index (χ1) is 9.59. The highest BCUT2D eigenvalue weighted by Gasteiger charge is 2.56. The highest BCUT2D eigenvalue weighted by Crippen LogP contribution is 2.61. The molecule has 0 saturated heterocycles. The molecular weight excluding hydrogens is 244 g/mol. The number of fused-ring (bicyclic) bond motifs is 5. The summed E-state index contributed by atoms with van der Waals surface area (Å²) in [5, 5.41) is 0. The van der Waals surface area contributed by atoms with Crippen LogP contribution in [-0.4, -0.2) is 5.78 Å². The Morgan fingerprint density at radius 1 is 1.00 bits per heavy atom.